The van der Waals surface area contributed by atoms with Gasteiger partial charge in [0.1, 0.15) is 5.76 Å². The number of aryl methyl sites for hydroxylation is 2. The smallest absolute Gasteiger partial charge is 0.133 e. The summed E-state index contributed by atoms with van der Waals surface area (Å²) in [7, 11) is 0. The molecule has 1 heterocycles. The maximum absolute atomic E-state index is 5.10. The summed E-state index contributed by atoms with van der Waals surface area (Å²) in [6.07, 6.45) is 3.61. The fraction of sp³-hybridized carbons (Fsp3) is 0.400. The van der Waals surface area contributed by atoms with Gasteiger partial charge >= 0.3 is 0 Å². The summed E-state index contributed by atoms with van der Waals surface area (Å²) in [5.74, 6) is 0.864. The Morgan fingerprint density at radius 1 is 1.42 bits per heavy atom. The number of hydrogen-bond acceptors (Lipinski definition) is 3. The molecule has 1 aliphatic rings. The molecular formula is C15H17BrN2O. The minimum Gasteiger partial charge on any atom is -0.361 e. The van der Waals surface area contributed by atoms with Gasteiger partial charge in [-0.2, -0.15) is 0 Å². The monoisotopic (exact) mass is 320 g/mol. The van der Waals surface area contributed by atoms with E-state index in [1.807, 2.05) is 13.0 Å². The van der Waals surface area contributed by atoms with Crippen LogP contribution in [-0.2, 0) is 13.0 Å². The highest BCUT2D eigenvalue weighted by molar-refractivity contribution is 9.10. The Labute approximate surface area is 121 Å². The first kappa shape index (κ1) is 12.9. The number of hydrogen-bond donors (Lipinski definition) is 1. The van der Waals surface area contributed by atoms with E-state index in [0.29, 0.717) is 6.04 Å². The molecule has 100 valence electrons. The van der Waals surface area contributed by atoms with Gasteiger partial charge < -0.3 is 9.84 Å². The van der Waals surface area contributed by atoms with Gasteiger partial charge in [-0.25, -0.2) is 0 Å². The van der Waals surface area contributed by atoms with Crippen molar-refractivity contribution < 1.29 is 4.52 Å². The first-order chi connectivity index (χ1) is 9.22. The molecule has 0 spiro atoms. The van der Waals surface area contributed by atoms with Crippen LogP contribution >= 0.6 is 15.9 Å². The lowest BCUT2D eigenvalue weighted by Crippen LogP contribution is -2.25. The fourth-order valence-corrected chi connectivity index (χ4v) is 3.09. The second-order valence-electron chi connectivity index (χ2n) is 5.10. The predicted molar refractivity (Wildman–Crippen MR) is 77.9 cm³/mol. The van der Waals surface area contributed by atoms with Gasteiger partial charge in [0.15, 0.2) is 0 Å². The van der Waals surface area contributed by atoms with Crippen LogP contribution in [-0.4, -0.2) is 5.16 Å². The number of benzene rings is 1. The van der Waals surface area contributed by atoms with Crippen molar-refractivity contribution in [3.05, 3.63) is 51.3 Å². The van der Waals surface area contributed by atoms with E-state index in [1.165, 1.54) is 30.4 Å². The Bertz CT molecular complexity index is 579. The molecule has 0 aliphatic heterocycles. The maximum Gasteiger partial charge on any atom is 0.133 e. The quantitative estimate of drug-likeness (QED) is 0.931. The van der Waals surface area contributed by atoms with E-state index in [2.05, 4.69) is 44.6 Å². The summed E-state index contributed by atoms with van der Waals surface area (Å²) >= 11 is 3.56. The minimum atomic E-state index is 0.415. The Hall–Kier alpha value is -1.13. The summed E-state index contributed by atoms with van der Waals surface area (Å²) in [5.41, 5.74) is 3.85. The molecule has 1 aromatic heterocycles. The number of nitrogens with one attached hydrogen (secondary N) is 1. The van der Waals surface area contributed by atoms with Crippen molar-refractivity contribution >= 4 is 15.9 Å². The molecule has 0 amide bonds. The van der Waals surface area contributed by atoms with E-state index in [-0.39, 0.29) is 0 Å². The topological polar surface area (TPSA) is 38.1 Å². The van der Waals surface area contributed by atoms with Crippen LogP contribution in [0.15, 0.2) is 33.3 Å². The predicted octanol–water partition coefficient (Wildman–Crippen LogP) is 3.91. The van der Waals surface area contributed by atoms with Gasteiger partial charge in [-0.05, 0) is 49.4 Å². The Morgan fingerprint density at radius 2 is 2.32 bits per heavy atom. The van der Waals surface area contributed by atoms with E-state index in [9.17, 15) is 0 Å². The van der Waals surface area contributed by atoms with Crippen molar-refractivity contribution in [2.45, 2.75) is 38.8 Å². The second kappa shape index (κ2) is 5.47. The van der Waals surface area contributed by atoms with Crippen LogP contribution in [0.2, 0.25) is 0 Å². The largest absolute Gasteiger partial charge is 0.361 e. The maximum atomic E-state index is 5.10. The number of rotatable bonds is 3. The van der Waals surface area contributed by atoms with Crippen LogP contribution in [0, 0.1) is 6.92 Å². The first-order valence-corrected chi connectivity index (χ1v) is 7.45. The lowest BCUT2D eigenvalue weighted by atomic mass is 9.88. The summed E-state index contributed by atoms with van der Waals surface area (Å²) < 4.78 is 6.25. The summed E-state index contributed by atoms with van der Waals surface area (Å²) in [5, 5.41) is 7.62. The van der Waals surface area contributed by atoms with Gasteiger partial charge in [0.05, 0.1) is 5.69 Å². The first-order valence-electron chi connectivity index (χ1n) is 6.66. The van der Waals surface area contributed by atoms with Crippen LogP contribution in [0.1, 0.15) is 41.5 Å². The number of halogens is 1. The third-order valence-corrected chi connectivity index (χ3v) is 4.12. The zero-order valence-electron chi connectivity index (χ0n) is 10.9. The molecule has 3 rings (SSSR count). The van der Waals surface area contributed by atoms with Crippen molar-refractivity contribution in [1.82, 2.24) is 10.5 Å². The molecule has 2 aromatic rings. The minimum absolute atomic E-state index is 0.415. The fourth-order valence-electron chi connectivity index (χ4n) is 2.71. The van der Waals surface area contributed by atoms with Gasteiger partial charge in [0.2, 0.25) is 0 Å². The Kier molecular flexibility index (Phi) is 3.71. The third-order valence-electron chi connectivity index (χ3n) is 3.63. The van der Waals surface area contributed by atoms with Crippen LogP contribution in [0.3, 0.4) is 0 Å². The van der Waals surface area contributed by atoms with Gasteiger partial charge in [-0.15, -0.1) is 0 Å². The van der Waals surface area contributed by atoms with Crippen molar-refractivity contribution in [2.24, 2.45) is 0 Å². The highest BCUT2D eigenvalue weighted by Crippen LogP contribution is 2.31. The van der Waals surface area contributed by atoms with Crippen molar-refractivity contribution in [1.29, 1.82) is 0 Å². The average Bonchev–Trinajstić information content (AvgIpc) is 2.82. The highest BCUT2D eigenvalue weighted by Gasteiger charge is 2.20. The third kappa shape index (κ3) is 2.90. The molecule has 4 heteroatoms. The molecule has 0 radical (unpaired) electrons. The molecule has 1 atom stereocenters. The number of nitrogens with zero attached hydrogens (tertiary/aromatic N) is 1. The number of aromatic nitrogens is 1. The van der Waals surface area contributed by atoms with E-state index in [4.69, 9.17) is 4.52 Å². The lowest BCUT2D eigenvalue weighted by molar-refractivity contribution is 0.382. The SMILES string of the molecule is Cc1cc(CNC2CCCc3ccc(Br)cc32)no1. The summed E-state index contributed by atoms with van der Waals surface area (Å²) in [6, 6.07) is 8.99. The van der Waals surface area contributed by atoms with Crippen LogP contribution in [0.4, 0.5) is 0 Å². The molecule has 1 N–H and O–H groups in total. The summed E-state index contributed by atoms with van der Waals surface area (Å²) in [6.45, 7) is 2.68. The van der Waals surface area contributed by atoms with Gasteiger partial charge in [0.25, 0.3) is 0 Å². The van der Waals surface area contributed by atoms with E-state index in [0.717, 1.165) is 22.5 Å². The standard InChI is InChI=1S/C15H17BrN2O/c1-10-7-13(18-19-10)9-17-15-4-2-3-11-5-6-12(16)8-14(11)15/h5-8,15,17H,2-4,9H2,1H3. The lowest BCUT2D eigenvalue weighted by Gasteiger charge is -2.26. The highest BCUT2D eigenvalue weighted by atomic mass is 79.9. The molecular weight excluding hydrogens is 304 g/mol. The molecule has 1 unspecified atom stereocenters. The molecule has 0 fully saturated rings. The Morgan fingerprint density at radius 3 is 3.11 bits per heavy atom. The van der Waals surface area contributed by atoms with Gasteiger partial charge in [-0.3, -0.25) is 0 Å². The molecule has 0 bridgehead atoms. The summed E-state index contributed by atoms with van der Waals surface area (Å²) in [4.78, 5) is 0. The van der Waals surface area contributed by atoms with Gasteiger partial charge in [-0.1, -0.05) is 27.2 Å². The van der Waals surface area contributed by atoms with Crippen LogP contribution < -0.4 is 5.32 Å². The van der Waals surface area contributed by atoms with Crippen molar-refractivity contribution in [2.75, 3.05) is 0 Å². The number of fused-ring (bicyclic) bond motifs is 1. The molecule has 3 nitrogen and oxygen atoms in total. The van der Waals surface area contributed by atoms with Crippen LogP contribution in [0.25, 0.3) is 0 Å². The van der Waals surface area contributed by atoms with E-state index >= 15 is 0 Å². The zero-order valence-corrected chi connectivity index (χ0v) is 12.5. The molecule has 0 saturated heterocycles. The second-order valence-corrected chi connectivity index (χ2v) is 6.01. The Balaban J connectivity index is 1.74. The molecule has 1 aromatic carbocycles. The van der Waals surface area contributed by atoms with Gasteiger partial charge in [0, 0.05) is 23.1 Å². The van der Waals surface area contributed by atoms with E-state index < -0.39 is 0 Å². The van der Waals surface area contributed by atoms with Crippen molar-refractivity contribution in [3.8, 4) is 0 Å². The van der Waals surface area contributed by atoms with E-state index in [1.54, 1.807) is 0 Å². The average molecular weight is 321 g/mol. The molecule has 0 saturated carbocycles. The normalized spacial score (nSPS) is 18.3. The molecule has 1 aliphatic carbocycles. The van der Waals surface area contributed by atoms with Crippen molar-refractivity contribution in [3.63, 3.8) is 0 Å². The zero-order chi connectivity index (χ0) is 13.2. The molecule has 19 heavy (non-hydrogen) atoms. The van der Waals surface area contributed by atoms with Crippen LogP contribution in [0.5, 0.6) is 0 Å².